The number of alkyl halides is 3. The number of anilines is 2. The van der Waals surface area contributed by atoms with Gasteiger partial charge in [0.25, 0.3) is 11.5 Å². The number of nitrogens with zero attached hydrogens (tertiary/aromatic N) is 6. The molecule has 2 aromatic carbocycles. The maximum atomic E-state index is 13.7. The SMILES string of the molecule is CCCc1nc(C)c2c(=O)[nH]c(-c3cc(N4C(=S)N(c5ccc(C#N)c(C(F)(F)F)c5)C(=O)C4C)ccc3OCC)nn12. The average Bonchev–Trinajstić information content (AvgIpc) is 3.39. The van der Waals surface area contributed by atoms with E-state index in [2.05, 4.69) is 15.1 Å². The van der Waals surface area contributed by atoms with Crippen LogP contribution in [0.25, 0.3) is 16.9 Å². The molecule has 0 aliphatic carbocycles. The van der Waals surface area contributed by atoms with Crippen molar-refractivity contribution in [1.82, 2.24) is 19.6 Å². The van der Waals surface area contributed by atoms with Crippen molar-refractivity contribution in [2.45, 2.75) is 52.8 Å². The zero-order valence-corrected chi connectivity index (χ0v) is 24.4. The molecule has 1 aliphatic rings. The Morgan fingerprint density at radius 2 is 1.86 bits per heavy atom. The third-order valence-electron chi connectivity index (χ3n) is 7.06. The van der Waals surface area contributed by atoms with Crippen molar-refractivity contribution < 1.29 is 22.7 Å². The Balaban J connectivity index is 1.61. The molecule has 1 saturated heterocycles. The third kappa shape index (κ3) is 5.10. The number of rotatable bonds is 7. The lowest BCUT2D eigenvalue weighted by Gasteiger charge is -2.24. The molecule has 1 N–H and O–H groups in total. The lowest BCUT2D eigenvalue weighted by atomic mass is 10.1. The predicted octanol–water partition coefficient (Wildman–Crippen LogP) is 5.16. The summed E-state index contributed by atoms with van der Waals surface area (Å²) in [6, 6.07) is 8.62. The summed E-state index contributed by atoms with van der Waals surface area (Å²) >= 11 is 5.62. The molecule has 1 atom stereocenters. The molecule has 222 valence electrons. The Labute approximate surface area is 249 Å². The maximum Gasteiger partial charge on any atom is 0.417 e. The summed E-state index contributed by atoms with van der Waals surface area (Å²) < 4.78 is 48.4. The second-order valence-electron chi connectivity index (χ2n) is 9.88. The molecule has 3 heterocycles. The predicted molar refractivity (Wildman–Crippen MR) is 157 cm³/mol. The third-order valence-corrected chi connectivity index (χ3v) is 7.44. The standard InChI is InChI=1S/C29H26F3N7O3S/c1-5-7-23-34-15(3)24-26(40)35-25(36-39(23)24)20-12-18(10-11-22(20)42-6-2)37-16(4)27(41)38(28(37)43)19-9-8-17(14-33)21(13-19)29(30,31)32/h8-13,16H,5-7H2,1-4H3,(H,35,36,40). The minimum Gasteiger partial charge on any atom is -0.493 e. The Hall–Kier alpha value is -4.77. The van der Waals surface area contributed by atoms with Crippen molar-refractivity contribution in [3.05, 3.63) is 69.4 Å². The van der Waals surface area contributed by atoms with Crippen LogP contribution in [-0.2, 0) is 17.4 Å². The number of fused-ring (bicyclic) bond motifs is 1. The molecule has 2 aromatic heterocycles. The number of hydrogen-bond donors (Lipinski definition) is 1. The van der Waals surface area contributed by atoms with Crippen LogP contribution < -0.4 is 20.1 Å². The summed E-state index contributed by atoms with van der Waals surface area (Å²) in [6.07, 6.45) is -3.41. The van der Waals surface area contributed by atoms with Crippen molar-refractivity contribution in [2.24, 2.45) is 0 Å². The van der Waals surface area contributed by atoms with E-state index in [1.807, 2.05) is 6.92 Å². The summed E-state index contributed by atoms with van der Waals surface area (Å²) in [6.45, 7) is 7.43. The van der Waals surface area contributed by atoms with Gasteiger partial charge in [-0.25, -0.2) is 9.50 Å². The van der Waals surface area contributed by atoms with Crippen LogP contribution >= 0.6 is 12.2 Å². The average molecular weight is 610 g/mol. The van der Waals surface area contributed by atoms with Crippen LogP contribution in [0.5, 0.6) is 5.75 Å². The fourth-order valence-corrected chi connectivity index (χ4v) is 5.58. The van der Waals surface area contributed by atoms with Gasteiger partial charge in [-0.1, -0.05) is 6.92 Å². The fraction of sp³-hybridized carbons (Fsp3) is 0.310. The number of imidazole rings is 1. The number of carbonyl (C=O) groups is 1. The van der Waals surface area contributed by atoms with Crippen molar-refractivity contribution in [2.75, 3.05) is 16.4 Å². The quantitative estimate of drug-likeness (QED) is 0.286. The Kier molecular flexibility index (Phi) is 7.70. The smallest absolute Gasteiger partial charge is 0.417 e. The number of benzene rings is 2. The van der Waals surface area contributed by atoms with E-state index in [0.717, 1.165) is 23.5 Å². The number of amides is 1. The Morgan fingerprint density at radius 1 is 1.14 bits per heavy atom. The number of nitriles is 1. The van der Waals surface area contributed by atoms with Crippen molar-refractivity contribution >= 4 is 40.1 Å². The fourth-order valence-electron chi connectivity index (χ4n) is 5.12. The molecule has 1 aliphatic heterocycles. The molecular formula is C29H26F3N7O3S. The number of thiocarbonyl (C=S) groups is 1. The van der Waals surface area contributed by atoms with Crippen LogP contribution in [0.4, 0.5) is 24.5 Å². The highest BCUT2D eigenvalue weighted by Crippen LogP contribution is 2.39. The van der Waals surface area contributed by atoms with Crippen LogP contribution in [0.15, 0.2) is 41.2 Å². The van der Waals surface area contributed by atoms with Gasteiger partial charge < -0.3 is 14.6 Å². The molecule has 14 heteroatoms. The highest BCUT2D eigenvalue weighted by atomic mass is 32.1. The van der Waals surface area contributed by atoms with Crippen LogP contribution in [0, 0.1) is 18.3 Å². The van der Waals surface area contributed by atoms with Gasteiger partial charge in [-0.15, -0.1) is 5.10 Å². The molecule has 1 unspecified atom stereocenters. The van der Waals surface area contributed by atoms with E-state index in [0.29, 0.717) is 47.1 Å². The first-order valence-corrected chi connectivity index (χ1v) is 13.9. The van der Waals surface area contributed by atoms with E-state index >= 15 is 0 Å². The summed E-state index contributed by atoms with van der Waals surface area (Å²) in [5, 5.41) is 13.8. The minimum absolute atomic E-state index is 0.0576. The number of ether oxygens (including phenoxy) is 1. The number of aromatic amines is 1. The minimum atomic E-state index is -4.81. The molecule has 0 radical (unpaired) electrons. The molecular weight excluding hydrogens is 583 g/mol. The summed E-state index contributed by atoms with van der Waals surface area (Å²) in [4.78, 5) is 36.4. The first-order valence-electron chi connectivity index (χ1n) is 13.4. The topological polar surface area (TPSA) is 120 Å². The lowest BCUT2D eigenvalue weighted by molar-refractivity contribution is -0.137. The van der Waals surface area contributed by atoms with Crippen LogP contribution in [0.2, 0.25) is 0 Å². The molecule has 5 rings (SSSR count). The molecule has 0 saturated carbocycles. The molecule has 1 fully saturated rings. The molecule has 4 aromatic rings. The van der Waals surface area contributed by atoms with Crippen LogP contribution in [-0.4, -0.2) is 43.3 Å². The van der Waals surface area contributed by atoms with Crippen molar-refractivity contribution in [3.8, 4) is 23.2 Å². The normalized spacial score (nSPS) is 15.4. The van der Waals surface area contributed by atoms with Crippen molar-refractivity contribution in [3.63, 3.8) is 0 Å². The van der Waals surface area contributed by atoms with E-state index < -0.39 is 34.8 Å². The van der Waals surface area contributed by atoms with E-state index in [1.165, 1.54) is 21.6 Å². The Morgan fingerprint density at radius 3 is 2.51 bits per heavy atom. The Bertz CT molecular complexity index is 1880. The summed E-state index contributed by atoms with van der Waals surface area (Å²) in [7, 11) is 0. The molecule has 1 amide bonds. The molecule has 0 spiro atoms. The van der Waals surface area contributed by atoms with E-state index in [4.69, 9.17) is 22.2 Å². The zero-order chi connectivity index (χ0) is 31.2. The lowest BCUT2D eigenvalue weighted by Crippen LogP contribution is -2.33. The second kappa shape index (κ2) is 11.1. The van der Waals surface area contributed by atoms with Gasteiger partial charge in [0.05, 0.1) is 40.7 Å². The van der Waals surface area contributed by atoms with E-state index in [1.54, 1.807) is 39.0 Å². The molecule has 0 bridgehead atoms. The van der Waals surface area contributed by atoms with Gasteiger partial charge >= 0.3 is 6.18 Å². The molecule has 10 nitrogen and oxygen atoms in total. The van der Waals surface area contributed by atoms with Gasteiger partial charge in [-0.3, -0.25) is 14.5 Å². The van der Waals surface area contributed by atoms with Gasteiger partial charge in [0, 0.05) is 12.1 Å². The van der Waals surface area contributed by atoms with Gasteiger partial charge in [0.2, 0.25) is 0 Å². The van der Waals surface area contributed by atoms with E-state index in [-0.39, 0.29) is 16.6 Å². The number of aromatic nitrogens is 4. The highest BCUT2D eigenvalue weighted by molar-refractivity contribution is 7.81. The maximum absolute atomic E-state index is 13.7. The highest BCUT2D eigenvalue weighted by Gasteiger charge is 2.43. The number of nitrogens with one attached hydrogen (secondary N) is 1. The number of halogens is 3. The van der Waals surface area contributed by atoms with Gasteiger partial charge in [0.15, 0.2) is 16.5 Å². The largest absolute Gasteiger partial charge is 0.493 e. The van der Waals surface area contributed by atoms with Gasteiger partial charge in [-0.2, -0.15) is 18.4 Å². The first-order chi connectivity index (χ1) is 20.4. The molecule has 43 heavy (non-hydrogen) atoms. The first kappa shape index (κ1) is 29.7. The number of hydrogen-bond acceptors (Lipinski definition) is 7. The summed E-state index contributed by atoms with van der Waals surface area (Å²) in [5.41, 5.74) is -0.522. The zero-order valence-electron chi connectivity index (χ0n) is 23.6. The van der Waals surface area contributed by atoms with Crippen molar-refractivity contribution in [1.29, 1.82) is 5.26 Å². The van der Waals surface area contributed by atoms with Crippen LogP contribution in [0.1, 0.15) is 49.8 Å². The summed E-state index contributed by atoms with van der Waals surface area (Å²) in [5.74, 6) is 0.683. The monoisotopic (exact) mass is 609 g/mol. The number of aryl methyl sites for hydroxylation is 2. The number of carbonyl (C=O) groups excluding carboxylic acids is 1. The van der Waals surface area contributed by atoms with Gasteiger partial charge in [0.1, 0.15) is 17.6 Å². The second-order valence-corrected chi connectivity index (χ2v) is 10.2. The van der Waals surface area contributed by atoms with Crippen LogP contribution in [0.3, 0.4) is 0 Å². The number of H-pyrrole nitrogens is 1. The van der Waals surface area contributed by atoms with E-state index in [9.17, 15) is 22.8 Å². The van der Waals surface area contributed by atoms with Gasteiger partial charge in [-0.05, 0) is 75.8 Å².